The molecule has 0 radical (unpaired) electrons. The molecule has 2 N–H and O–H groups in total. The summed E-state index contributed by atoms with van der Waals surface area (Å²) in [6, 6.07) is 5.82. The molecule has 0 aromatic heterocycles. The summed E-state index contributed by atoms with van der Waals surface area (Å²) in [5.41, 5.74) is 2.85. The van der Waals surface area contributed by atoms with Gasteiger partial charge in [-0.3, -0.25) is 9.59 Å². The predicted octanol–water partition coefficient (Wildman–Crippen LogP) is 3.13. The Hall–Kier alpha value is -1.84. The molecular weight excluding hydrogens is 242 g/mol. The largest absolute Gasteiger partial charge is 0.481 e. The molecule has 1 atom stereocenters. The van der Waals surface area contributed by atoms with Crippen molar-refractivity contribution in [1.29, 1.82) is 0 Å². The number of rotatable bonds is 6. The number of amides is 1. The molecule has 0 bridgehead atoms. The number of carbonyl (C=O) groups is 2. The zero-order chi connectivity index (χ0) is 14.4. The third-order valence-electron chi connectivity index (χ3n) is 3.31. The zero-order valence-electron chi connectivity index (χ0n) is 11.7. The van der Waals surface area contributed by atoms with Crippen molar-refractivity contribution in [3.63, 3.8) is 0 Å². The highest BCUT2D eigenvalue weighted by Gasteiger charge is 2.17. The summed E-state index contributed by atoms with van der Waals surface area (Å²) >= 11 is 0. The lowest BCUT2D eigenvalue weighted by molar-refractivity contribution is -0.142. The van der Waals surface area contributed by atoms with Gasteiger partial charge in [0.15, 0.2) is 0 Å². The van der Waals surface area contributed by atoms with E-state index in [0.717, 1.165) is 16.8 Å². The fourth-order valence-corrected chi connectivity index (χ4v) is 2.02. The Morgan fingerprint density at radius 2 is 1.84 bits per heavy atom. The van der Waals surface area contributed by atoms with Crippen LogP contribution in [0.1, 0.15) is 37.3 Å². The van der Waals surface area contributed by atoms with Crippen LogP contribution in [0, 0.1) is 19.8 Å². The molecule has 1 aromatic rings. The van der Waals surface area contributed by atoms with Gasteiger partial charge in [-0.25, -0.2) is 0 Å². The molecule has 0 fully saturated rings. The van der Waals surface area contributed by atoms with E-state index in [1.807, 2.05) is 39.0 Å². The fourth-order valence-electron chi connectivity index (χ4n) is 2.02. The molecule has 1 amide bonds. The number of carboxylic acids is 1. The number of aliphatic carboxylic acids is 1. The third kappa shape index (κ3) is 4.39. The summed E-state index contributed by atoms with van der Waals surface area (Å²) < 4.78 is 0. The highest BCUT2D eigenvalue weighted by Crippen LogP contribution is 2.20. The Morgan fingerprint density at radius 1 is 1.26 bits per heavy atom. The lowest BCUT2D eigenvalue weighted by Gasteiger charge is -2.13. The van der Waals surface area contributed by atoms with Gasteiger partial charge in [0, 0.05) is 12.1 Å². The van der Waals surface area contributed by atoms with E-state index in [9.17, 15) is 9.59 Å². The molecule has 1 aromatic carbocycles. The summed E-state index contributed by atoms with van der Waals surface area (Å²) in [6.45, 7) is 5.70. The molecule has 0 aliphatic carbocycles. The van der Waals surface area contributed by atoms with Crippen LogP contribution in [0.4, 0.5) is 5.69 Å². The number of para-hydroxylation sites is 1. The molecule has 4 heteroatoms. The second-order valence-corrected chi connectivity index (χ2v) is 4.80. The Kier molecular flexibility index (Phi) is 5.55. The standard InChI is InChI=1S/C15H21NO3/c1-4-12(15(18)19)8-9-13(17)16-14-10(2)6-5-7-11(14)3/h5-7,12H,4,8-9H2,1-3H3,(H,16,17)(H,18,19). The quantitative estimate of drug-likeness (QED) is 0.828. The Balaban J connectivity index is 2.59. The van der Waals surface area contributed by atoms with Crippen molar-refractivity contribution in [1.82, 2.24) is 0 Å². The Morgan fingerprint density at radius 3 is 2.32 bits per heavy atom. The number of carboxylic acid groups (broad SMARTS) is 1. The first-order valence-electron chi connectivity index (χ1n) is 6.54. The van der Waals surface area contributed by atoms with Crippen molar-refractivity contribution in [3.05, 3.63) is 29.3 Å². The first-order valence-corrected chi connectivity index (χ1v) is 6.54. The van der Waals surface area contributed by atoms with Gasteiger partial charge in [0.25, 0.3) is 0 Å². The number of hydrogen-bond donors (Lipinski definition) is 2. The van der Waals surface area contributed by atoms with Crippen LogP contribution < -0.4 is 5.32 Å². The Labute approximate surface area is 113 Å². The lowest BCUT2D eigenvalue weighted by Crippen LogP contribution is -2.18. The first kappa shape index (κ1) is 15.2. The normalized spacial score (nSPS) is 11.9. The van der Waals surface area contributed by atoms with Gasteiger partial charge in [-0.2, -0.15) is 0 Å². The summed E-state index contributed by atoms with van der Waals surface area (Å²) in [5.74, 6) is -1.40. The number of anilines is 1. The summed E-state index contributed by atoms with van der Waals surface area (Å²) in [7, 11) is 0. The van der Waals surface area contributed by atoms with Crippen LogP contribution in [0.25, 0.3) is 0 Å². The van der Waals surface area contributed by atoms with Gasteiger partial charge in [-0.05, 0) is 37.8 Å². The van der Waals surface area contributed by atoms with E-state index < -0.39 is 11.9 Å². The summed E-state index contributed by atoms with van der Waals surface area (Å²) in [6.07, 6.45) is 1.16. The SMILES string of the molecule is CCC(CCC(=O)Nc1c(C)cccc1C)C(=O)O. The second kappa shape index (κ2) is 6.92. The minimum absolute atomic E-state index is 0.128. The van der Waals surface area contributed by atoms with E-state index in [4.69, 9.17) is 5.11 Å². The monoisotopic (exact) mass is 263 g/mol. The maximum Gasteiger partial charge on any atom is 0.306 e. The number of carbonyl (C=O) groups excluding carboxylic acids is 1. The van der Waals surface area contributed by atoms with Crippen LogP contribution in [-0.4, -0.2) is 17.0 Å². The van der Waals surface area contributed by atoms with E-state index in [1.54, 1.807) is 0 Å². The highest BCUT2D eigenvalue weighted by molar-refractivity contribution is 5.92. The first-order chi connectivity index (χ1) is 8.95. The van der Waals surface area contributed by atoms with E-state index in [0.29, 0.717) is 12.8 Å². The van der Waals surface area contributed by atoms with Crippen LogP contribution in [-0.2, 0) is 9.59 Å². The smallest absolute Gasteiger partial charge is 0.306 e. The average molecular weight is 263 g/mol. The number of benzene rings is 1. The van der Waals surface area contributed by atoms with E-state index in [-0.39, 0.29) is 12.3 Å². The molecule has 0 saturated heterocycles. The molecular formula is C15H21NO3. The molecule has 104 valence electrons. The minimum atomic E-state index is -0.831. The molecule has 0 heterocycles. The number of nitrogens with one attached hydrogen (secondary N) is 1. The maximum atomic E-state index is 11.9. The van der Waals surface area contributed by atoms with Gasteiger partial charge in [-0.1, -0.05) is 25.1 Å². The van der Waals surface area contributed by atoms with Crippen molar-refractivity contribution in [2.24, 2.45) is 5.92 Å². The van der Waals surface area contributed by atoms with E-state index in [2.05, 4.69) is 5.32 Å². The minimum Gasteiger partial charge on any atom is -0.481 e. The fraction of sp³-hybridized carbons (Fsp3) is 0.467. The predicted molar refractivity (Wildman–Crippen MR) is 75.2 cm³/mol. The number of hydrogen-bond acceptors (Lipinski definition) is 2. The van der Waals surface area contributed by atoms with Crippen LogP contribution >= 0.6 is 0 Å². The van der Waals surface area contributed by atoms with Crippen LogP contribution in [0.5, 0.6) is 0 Å². The molecule has 1 unspecified atom stereocenters. The second-order valence-electron chi connectivity index (χ2n) is 4.80. The Bertz CT molecular complexity index is 448. The third-order valence-corrected chi connectivity index (χ3v) is 3.31. The van der Waals surface area contributed by atoms with Crippen molar-refractivity contribution >= 4 is 17.6 Å². The molecule has 0 aliphatic heterocycles. The van der Waals surface area contributed by atoms with Gasteiger partial charge in [0.05, 0.1) is 5.92 Å². The molecule has 1 rings (SSSR count). The average Bonchev–Trinajstić information content (AvgIpc) is 2.34. The summed E-state index contributed by atoms with van der Waals surface area (Å²) in [5, 5.41) is 11.8. The van der Waals surface area contributed by atoms with Gasteiger partial charge < -0.3 is 10.4 Å². The van der Waals surface area contributed by atoms with Crippen molar-refractivity contribution in [2.45, 2.75) is 40.0 Å². The highest BCUT2D eigenvalue weighted by atomic mass is 16.4. The van der Waals surface area contributed by atoms with Crippen molar-refractivity contribution in [2.75, 3.05) is 5.32 Å². The molecule has 4 nitrogen and oxygen atoms in total. The van der Waals surface area contributed by atoms with Gasteiger partial charge in [-0.15, -0.1) is 0 Å². The van der Waals surface area contributed by atoms with Crippen molar-refractivity contribution < 1.29 is 14.7 Å². The van der Waals surface area contributed by atoms with E-state index in [1.165, 1.54) is 0 Å². The summed E-state index contributed by atoms with van der Waals surface area (Å²) in [4.78, 5) is 22.7. The molecule has 19 heavy (non-hydrogen) atoms. The molecule has 0 spiro atoms. The molecule has 0 aliphatic rings. The zero-order valence-corrected chi connectivity index (χ0v) is 11.7. The van der Waals surface area contributed by atoms with Gasteiger partial charge in [0.2, 0.25) is 5.91 Å². The van der Waals surface area contributed by atoms with Crippen LogP contribution in [0.2, 0.25) is 0 Å². The van der Waals surface area contributed by atoms with Crippen molar-refractivity contribution in [3.8, 4) is 0 Å². The maximum absolute atomic E-state index is 11.9. The lowest BCUT2D eigenvalue weighted by atomic mass is 10.0. The molecule has 0 saturated carbocycles. The van der Waals surface area contributed by atoms with Crippen LogP contribution in [0.3, 0.4) is 0 Å². The topological polar surface area (TPSA) is 66.4 Å². The number of aryl methyl sites for hydroxylation is 2. The van der Waals surface area contributed by atoms with E-state index >= 15 is 0 Å². The van der Waals surface area contributed by atoms with Gasteiger partial charge in [0.1, 0.15) is 0 Å². The van der Waals surface area contributed by atoms with Gasteiger partial charge >= 0.3 is 5.97 Å². The van der Waals surface area contributed by atoms with Crippen LogP contribution in [0.15, 0.2) is 18.2 Å².